The monoisotopic (exact) mass is 348 g/mol. The van der Waals surface area contributed by atoms with E-state index >= 15 is 0 Å². The standard InChI is InChI=1S/C20H32N2O3/c1-3-14-25-18-7-4-17(5-8-18)6-9-19(23)22-15-20(16-24-2)10-12-21-13-11-20/h4-5,7-8,21H,3,6,9-16H2,1-2H3,(H,22,23). The van der Waals surface area contributed by atoms with Gasteiger partial charge in [0.2, 0.25) is 5.91 Å². The van der Waals surface area contributed by atoms with Crippen molar-refractivity contribution in [3.8, 4) is 5.75 Å². The number of amides is 1. The van der Waals surface area contributed by atoms with E-state index in [0.717, 1.165) is 56.7 Å². The Bertz CT molecular complexity index is 505. The van der Waals surface area contributed by atoms with Gasteiger partial charge in [0.05, 0.1) is 13.2 Å². The van der Waals surface area contributed by atoms with Gasteiger partial charge in [-0.2, -0.15) is 0 Å². The van der Waals surface area contributed by atoms with Crippen molar-refractivity contribution in [2.75, 3.05) is 40.0 Å². The fraction of sp³-hybridized carbons (Fsp3) is 0.650. The molecule has 1 fully saturated rings. The van der Waals surface area contributed by atoms with Crippen LogP contribution in [0.2, 0.25) is 0 Å². The molecule has 0 bridgehead atoms. The smallest absolute Gasteiger partial charge is 0.220 e. The van der Waals surface area contributed by atoms with E-state index in [2.05, 4.69) is 17.6 Å². The molecule has 0 saturated carbocycles. The lowest BCUT2D eigenvalue weighted by atomic mass is 9.79. The molecule has 1 aliphatic heterocycles. The minimum absolute atomic E-state index is 0.0773. The molecule has 0 atom stereocenters. The highest BCUT2D eigenvalue weighted by Crippen LogP contribution is 2.28. The van der Waals surface area contributed by atoms with E-state index in [4.69, 9.17) is 9.47 Å². The van der Waals surface area contributed by atoms with Crippen LogP contribution in [0.15, 0.2) is 24.3 Å². The van der Waals surface area contributed by atoms with Gasteiger partial charge in [-0.15, -0.1) is 0 Å². The summed E-state index contributed by atoms with van der Waals surface area (Å²) < 4.78 is 11.0. The zero-order valence-electron chi connectivity index (χ0n) is 15.6. The van der Waals surface area contributed by atoms with Crippen LogP contribution < -0.4 is 15.4 Å². The van der Waals surface area contributed by atoms with Crippen LogP contribution in [0.25, 0.3) is 0 Å². The van der Waals surface area contributed by atoms with Gasteiger partial charge in [0.25, 0.3) is 0 Å². The van der Waals surface area contributed by atoms with Crippen molar-refractivity contribution >= 4 is 5.91 Å². The Balaban J connectivity index is 1.74. The number of piperidine rings is 1. The number of benzene rings is 1. The molecule has 2 rings (SSSR count). The molecule has 1 aromatic rings. The van der Waals surface area contributed by atoms with Gasteiger partial charge in [-0.25, -0.2) is 0 Å². The third-order valence-corrected chi connectivity index (χ3v) is 4.81. The normalized spacial score (nSPS) is 16.4. The first-order chi connectivity index (χ1) is 12.2. The molecule has 1 aromatic carbocycles. The van der Waals surface area contributed by atoms with Crippen molar-refractivity contribution < 1.29 is 14.3 Å². The predicted molar refractivity (Wildman–Crippen MR) is 100.0 cm³/mol. The molecule has 1 saturated heterocycles. The van der Waals surface area contributed by atoms with Crippen LogP contribution in [-0.4, -0.2) is 45.9 Å². The zero-order valence-corrected chi connectivity index (χ0v) is 15.6. The summed E-state index contributed by atoms with van der Waals surface area (Å²) in [6.07, 6.45) is 4.35. The number of aryl methyl sites for hydroxylation is 1. The minimum Gasteiger partial charge on any atom is -0.494 e. The van der Waals surface area contributed by atoms with Gasteiger partial charge in [0.15, 0.2) is 0 Å². The molecule has 1 heterocycles. The highest BCUT2D eigenvalue weighted by molar-refractivity contribution is 5.76. The van der Waals surface area contributed by atoms with Gasteiger partial charge >= 0.3 is 0 Å². The van der Waals surface area contributed by atoms with E-state index in [0.29, 0.717) is 19.6 Å². The highest BCUT2D eigenvalue weighted by atomic mass is 16.5. The van der Waals surface area contributed by atoms with Crippen molar-refractivity contribution in [3.05, 3.63) is 29.8 Å². The Morgan fingerprint density at radius 3 is 2.60 bits per heavy atom. The second-order valence-corrected chi connectivity index (χ2v) is 6.95. The Morgan fingerprint density at radius 1 is 1.24 bits per heavy atom. The number of nitrogens with one attached hydrogen (secondary N) is 2. The van der Waals surface area contributed by atoms with Crippen LogP contribution in [0.4, 0.5) is 0 Å². The van der Waals surface area contributed by atoms with Gasteiger partial charge in [-0.05, 0) is 56.5 Å². The first kappa shape index (κ1) is 19.7. The van der Waals surface area contributed by atoms with Crippen LogP contribution in [0.1, 0.15) is 38.2 Å². The lowest BCUT2D eigenvalue weighted by molar-refractivity contribution is -0.122. The van der Waals surface area contributed by atoms with E-state index in [1.165, 1.54) is 0 Å². The summed E-state index contributed by atoms with van der Waals surface area (Å²) in [6, 6.07) is 8.03. The molecule has 0 aromatic heterocycles. The number of carbonyl (C=O) groups excluding carboxylic acids is 1. The molecule has 0 unspecified atom stereocenters. The fourth-order valence-electron chi connectivity index (χ4n) is 3.24. The van der Waals surface area contributed by atoms with E-state index < -0.39 is 0 Å². The van der Waals surface area contributed by atoms with Gasteiger partial charge in [-0.3, -0.25) is 4.79 Å². The molecule has 140 valence electrons. The van der Waals surface area contributed by atoms with Crippen LogP contribution in [0, 0.1) is 5.41 Å². The van der Waals surface area contributed by atoms with Crippen molar-refractivity contribution in [2.45, 2.75) is 39.0 Å². The number of carbonyl (C=O) groups is 1. The van der Waals surface area contributed by atoms with Gasteiger partial charge in [0, 0.05) is 25.5 Å². The maximum Gasteiger partial charge on any atom is 0.220 e. The zero-order chi connectivity index (χ0) is 18.0. The van der Waals surface area contributed by atoms with Crippen molar-refractivity contribution in [2.24, 2.45) is 5.41 Å². The maximum absolute atomic E-state index is 12.2. The highest BCUT2D eigenvalue weighted by Gasteiger charge is 2.32. The van der Waals surface area contributed by atoms with Gasteiger partial charge in [0.1, 0.15) is 5.75 Å². The summed E-state index contributed by atoms with van der Waals surface area (Å²) in [6.45, 7) is 6.21. The fourth-order valence-corrected chi connectivity index (χ4v) is 3.24. The van der Waals surface area contributed by atoms with Crippen molar-refractivity contribution in [1.29, 1.82) is 0 Å². The molecular formula is C20H32N2O3. The Morgan fingerprint density at radius 2 is 1.96 bits per heavy atom. The summed E-state index contributed by atoms with van der Waals surface area (Å²) in [4.78, 5) is 12.2. The lowest BCUT2D eigenvalue weighted by Gasteiger charge is -2.37. The quantitative estimate of drug-likeness (QED) is 0.682. The molecular weight excluding hydrogens is 316 g/mol. The van der Waals surface area contributed by atoms with Crippen LogP contribution in [0.5, 0.6) is 5.75 Å². The molecule has 5 nitrogen and oxygen atoms in total. The molecule has 1 amide bonds. The molecule has 0 radical (unpaired) electrons. The maximum atomic E-state index is 12.2. The molecule has 1 aliphatic rings. The number of hydrogen-bond donors (Lipinski definition) is 2. The van der Waals surface area contributed by atoms with E-state index in [1.807, 2.05) is 24.3 Å². The number of methoxy groups -OCH3 is 1. The Hall–Kier alpha value is -1.59. The SMILES string of the molecule is CCCOc1ccc(CCC(=O)NCC2(COC)CCNCC2)cc1. The lowest BCUT2D eigenvalue weighted by Crippen LogP contribution is -2.47. The summed E-state index contributed by atoms with van der Waals surface area (Å²) in [5, 5.41) is 6.49. The second-order valence-electron chi connectivity index (χ2n) is 6.95. The Kier molecular flexibility index (Phi) is 8.22. The molecule has 5 heteroatoms. The first-order valence-electron chi connectivity index (χ1n) is 9.35. The first-order valence-corrected chi connectivity index (χ1v) is 9.35. The topological polar surface area (TPSA) is 59.6 Å². The largest absolute Gasteiger partial charge is 0.494 e. The predicted octanol–water partition coefficient (Wildman–Crippen LogP) is 2.54. The third-order valence-electron chi connectivity index (χ3n) is 4.81. The number of hydrogen-bond acceptors (Lipinski definition) is 4. The second kappa shape index (κ2) is 10.4. The molecule has 25 heavy (non-hydrogen) atoms. The number of rotatable bonds is 10. The van der Waals surface area contributed by atoms with Gasteiger partial charge < -0.3 is 20.1 Å². The van der Waals surface area contributed by atoms with E-state index in [-0.39, 0.29) is 11.3 Å². The van der Waals surface area contributed by atoms with Crippen LogP contribution in [0.3, 0.4) is 0 Å². The summed E-state index contributed by atoms with van der Waals surface area (Å²) in [5.41, 5.74) is 1.24. The number of ether oxygens (including phenoxy) is 2. The average molecular weight is 348 g/mol. The van der Waals surface area contributed by atoms with Crippen LogP contribution >= 0.6 is 0 Å². The summed E-state index contributed by atoms with van der Waals surface area (Å²) in [7, 11) is 1.74. The van der Waals surface area contributed by atoms with E-state index in [1.54, 1.807) is 7.11 Å². The molecule has 2 N–H and O–H groups in total. The van der Waals surface area contributed by atoms with Crippen molar-refractivity contribution in [1.82, 2.24) is 10.6 Å². The minimum atomic E-state index is 0.0773. The Labute approximate surface area is 151 Å². The molecule has 0 spiro atoms. The van der Waals surface area contributed by atoms with E-state index in [9.17, 15) is 4.79 Å². The molecule has 0 aliphatic carbocycles. The van der Waals surface area contributed by atoms with Gasteiger partial charge in [-0.1, -0.05) is 19.1 Å². The third kappa shape index (κ3) is 6.67. The van der Waals surface area contributed by atoms with Crippen LogP contribution in [-0.2, 0) is 16.0 Å². The average Bonchev–Trinajstić information content (AvgIpc) is 2.65. The summed E-state index contributed by atoms with van der Waals surface area (Å²) in [5.74, 6) is 1.00. The summed E-state index contributed by atoms with van der Waals surface area (Å²) >= 11 is 0. The van der Waals surface area contributed by atoms with Crippen molar-refractivity contribution in [3.63, 3.8) is 0 Å².